The number of carboxylic acid groups (broad SMARTS) is 1. The lowest BCUT2D eigenvalue weighted by molar-refractivity contribution is -0.153. The Bertz CT molecular complexity index is 257. The number of carboxylic acids is 1. The van der Waals surface area contributed by atoms with Gasteiger partial charge < -0.3 is 10.0 Å². The first-order valence-electron chi connectivity index (χ1n) is 7.57. The van der Waals surface area contributed by atoms with Gasteiger partial charge in [-0.05, 0) is 45.2 Å². The van der Waals surface area contributed by atoms with Crippen LogP contribution in [0.5, 0.6) is 0 Å². The molecule has 1 fully saturated rings. The summed E-state index contributed by atoms with van der Waals surface area (Å²) in [4.78, 5) is 14.0. The molecule has 1 atom stereocenters. The number of nitrogens with zero attached hydrogens (tertiary/aromatic N) is 1. The fourth-order valence-electron chi connectivity index (χ4n) is 3.34. The Morgan fingerprint density at radius 3 is 2.22 bits per heavy atom. The Hall–Kier alpha value is -0.570. The van der Waals surface area contributed by atoms with Crippen molar-refractivity contribution in [2.45, 2.75) is 71.8 Å². The first kappa shape index (κ1) is 15.5. The first-order chi connectivity index (χ1) is 8.59. The molecule has 1 N–H and O–H groups in total. The van der Waals surface area contributed by atoms with Crippen LogP contribution in [0.3, 0.4) is 0 Å². The fourth-order valence-corrected chi connectivity index (χ4v) is 3.34. The lowest BCUT2D eigenvalue weighted by atomic mass is 9.74. The van der Waals surface area contributed by atoms with E-state index in [1.54, 1.807) is 0 Å². The van der Waals surface area contributed by atoms with Gasteiger partial charge in [0, 0.05) is 6.04 Å². The largest absolute Gasteiger partial charge is 0.481 e. The van der Waals surface area contributed by atoms with E-state index in [9.17, 15) is 9.90 Å². The van der Waals surface area contributed by atoms with Crippen molar-refractivity contribution in [3.63, 3.8) is 0 Å². The molecule has 0 bridgehead atoms. The molecule has 3 nitrogen and oxygen atoms in total. The lowest BCUT2D eigenvalue weighted by Crippen LogP contribution is -2.47. The van der Waals surface area contributed by atoms with E-state index in [0.29, 0.717) is 6.04 Å². The molecule has 1 rings (SSSR count). The molecule has 0 aromatic rings. The normalized spacial score (nSPS) is 21.7. The molecular formula is C15H29NO2. The van der Waals surface area contributed by atoms with Crippen LogP contribution in [0.2, 0.25) is 0 Å². The second-order valence-electron chi connectivity index (χ2n) is 5.72. The zero-order chi connectivity index (χ0) is 13.6. The summed E-state index contributed by atoms with van der Waals surface area (Å²) in [6.07, 6.45) is 7.10. The molecule has 106 valence electrons. The predicted molar refractivity (Wildman–Crippen MR) is 74.8 cm³/mol. The lowest BCUT2D eigenvalue weighted by Gasteiger charge is -2.42. The third-order valence-electron chi connectivity index (χ3n) is 4.55. The van der Waals surface area contributed by atoms with Crippen molar-refractivity contribution in [2.24, 2.45) is 5.41 Å². The van der Waals surface area contributed by atoms with E-state index in [-0.39, 0.29) is 0 Å². The number of rotatable bonds is 7. The molecule has 1 unspecified atom stereocenters. The Balaban J connectivity index is 2.59. The predicted octanol–water partition coefficient (Wildman–Crippen LogP) is 3.53. The van der Waals surface area contributed by atoms with Crippen LogP contribution in [0.1, 0.15) is 65.7 Å². The zero-order valence-electron chi connectivity index (χ0n) is 12.2. The molecule has 0 radical (unpaired) electrons. The van der Waals surface area contributed by atoms with Crippen LogP contribution in [0, 0.1) is 5.41 Å². The number of piperidine rings is 1. The molecule has 3 heteroatoms. The maximum Gasteiger partial charge on any atom is 0.309 e. The van der Waals surface area contributed by atoms with Gasteiger partial charge in [-0.2, -0.15) is 0 Å². The second-order valence-corrected chi connectivity index (χ2v) is 5.72. The molecule has 1 aliphatic heterocycles. The van der Waals surface area contributed by atoms with Crippen LogP contribution in [-0.2, 0) is 4.79 Å². The van der Waals surface area contributed by atoms with Gasteiger partial charge in [-0.1, -0.05) is 33.6 Å². The van der Waals surface area contributed by atoms with Crippen molar-refractivity contribution in [3.8, 4) is 0 Å². The number of hydrogen-bond acceptors (Lipinski definition) is 2. The number of likely N-dealkylation sites (tertiary alicyclic amines) is 1. The Kier molecular flexibility index (Phi) is 6.13. The van der Waals surface area contributed by atoms with E-state index in [4.69, 9.17) is 0 Å². The van der Waals surface area contributed by atoms with E-state index < -0.39 is 11.4 Å². The molecule has 0 saturated carbocycles. The molecule has 0 aromatic carbocycles. The third kappa shape index (κ3) is 3.47. The molecule has 1 saturated heterocycles. The molecule has 18 heavy (non-hydrogen) atoms. The van der Waals surface area contributed by atoms with Crippen LogP contribution in [0.4, 0.5) is 0 Å². The van der Waals surface area contributed by atoms with Gasteiger partial charge >= 0.3 is 5.97 Å². The summed E-state index contributed by atoms with van der Waals surface area (Å²) >= 11 is 0. The topological polar surface area (TPSA) is 40.5 Å². The molecule has 0 aliphatic carbocycles. The van der Waals surface area contributed by atoms with Crippen LogP contribution < -0.4 is 0 Å². The summed E-state index contributed by atoms with van der Waals surface area (Å²) in [5, 5.41) is 9.49. The van der Waals surface area contributed by atoms with Gasteiger partial charge in [-0.15, -0.1) is 0 Å². The summed E-state index contributed by atoms with van der Waals surface area (Å²) in [7, 11) is 0. The summed E-state index contributed by atoms with van der Waals surface area (Å²) in [6.45, 7) is 8.48. The van der Waals surface area contributed by atoms with Gasteiger partial charge in [0.05, 0.1) is 5.41 Å². The SMILES string of the molecule is CCCC(CC)N1CCC(CCC)(C(=O)O)CC1. The van der Waals surface area contributed by atoms with Gasteiger partial charge in [0.2, 0.25) is 0 Å². The van der Waals surface area contributed by atoms with E-state index >= 15 is 0 Å². The zero-order valence-corrected chi connectivity index (χ0v) is 12.2. The number of carbonyl (C=O) groups is 1. The van der Waals surface area contributed by atoms with E-state index in [0.717, 1.165) is 38.8 Å². The van der Waals surface area contributed by atoms with Crippen molar-refractivity contribution >= 4 is 5.97 Å². The van der Waals surface area contributed by atoms with Crippen LogP contribution in [-0.4, -0.2) is 35.1 Å². The summed E-state index contributed by atoms with van der Waals surface area (Å²) in [6, 6.07) is 0.656. The highest BCUT2D eigenvalue weighted by Crippen LogP contribution is 2.37. The standard InChI is InChI=1S/C15H29NO2/c1-4-7-13(6-3)16-11-9-15(8-5-2,10-12-16)14(17)18/h13H,4-12H2,1-3H3,(H,17,18). The Morgan fingerprint density at radius 2 is 1.83 bits per heavy atom. The maximum absolute atomic E-state index is 11.5. The first-order valence-corrected chi connectivity index (χ1v) is 7.57. The minimum Gasteiger partial charge on any atom is -0.481 e. The fraction of sp³-hybridized carbons (Fsp3) is 0.933. The molecule has 0 amide bonds. The monoisotopic (exact) mass is 255 g/mol. The van der Waals surface area contributed by atoms with Gasteiger partial charge in [-0.3, -0.25) is 4.79 Å². The summed E-state index contributed by atoms with van der Waals surface area (Å²) in [5.74, 6) is -0.576. The molecule has 1 heterocycles. The van der Waals surface area contributed by atoms with E-state index in [1.165, 1.54) is 19.3 Å². The smallest absolute Gasteiger partial charge is 0.309 e. The highest BCUT2D eigenvalue weighted by molar-refractivity contribution is 5.74. The molecular weight excluding hydrogens is 226 g/mol. The number of hydrogen-bond donors (Lipinski definition) is 1. The van der Waals surface area contributed by atoms with Crippen LogP contribution in [0.25, 0.3) is 0 Å². The number of aliphatic carboxylic acids is 1. The molecule has 1 aliphatic rings. The molecule has 0 aromatic heterocycles. The highest BCUT2D eigenvalue weighted by Gasteiger charge is 2.41. The summed E-state index contributed by atoms with van der Waals surface area (Å²) in [5.41, 5.74) is -0.435. The van der Waals surface area contributed by atoms with Crippen molar-refractivity contribution in [1.29, 1.82) is 0 Å². The average molecular weight is 255 g/mol. The van der Waals surface area contributed by atoms with E-state index in [1.807, 2.05) is 0 Å². The van der Waals surface area contributed by atoms with Gasteiger partial charge in [0.1, 0.15) is 0 Å². The van der Waals surface area contributed by atoms with Gasteiger partial charge in [0.15, 0.2) is 0 Å². The van der Waals surface area contributed by atoms with Crippen LogP contribution in [0.15, 0.2) is 0 Å². The third-order valence-corrected chi connectivity index (χ3v) is 4.55. The Labute approximate surface area is 112 Å². The van der Waals surface area contributed by atoms with Crippen molar-refractivity contribution < 1.29 is 9.90 Å². The van der Waals surface area contributed by atoms with Crippen LogP contribution >= 0.6 is 0 Å². The minimum absolute atomic E-state index is 0.435. The van der Waals surface area contributed by atoms with Crippen molar-refractivity contribution in [1.82, 2.24) is 4.90 Å². The average Bonchev–Trinajstić information content (AvgIpc) is 2.37. The quantitative estimate of drug-likeness (QED) is 0.756. The Morgan fingerprint density at radius 1 is 1.22 bits per heavy atom. The molecule has 0 spiro atoms. The van der Waals surface area contributed by atoms with Crippen molar-refractivity contribution in [3.05, 3.63) is 0 Å². The summed E-state index contributed by atoms with van der Waals surface area (Å²) < 4.78 is 0. The van der Waals surface area contributed by atoms with Gasteiger partial charge in [0.25, 0.3) is 0 Å². The van der Waals surface area contributed by atoms with E-state index in [2.05, 4.69) is 25.7 Å². The maximum atomic E-state index is 11.5. The second kappa shape index (κ2) is 7.13. The van der Waals surface area contributed by atoms with Gasteiger partial charge in [-0.25, -0.2) is 0 Å². The minimum atomic E-state index is -0.576. The van der Waals surface area contributed by atoms with Crippen molar-refractivity contribution in [2.75, 3.05) is 13.1 Å². The highest BCUT2D eigenvalue weighted by atomic mass is 16.4.